The number of benzene rings is 6. The lowest BCUT2D eigenvalue weighted by molar-refractivity contribution is 0.728. The van der Waals surface area contributed by atoms with Gasteiger partial charge in [0.1, 0.15) is 0 Å². The minimum atomic E-state index is -0.00826. The van der Waals surface area contributed by atoms with Crippen molar-refractivity contribution in [1.82, 2.24) is 19.5 Å². The average molecular weight is 642 g/mol. The Balaban J connectivity index is 1.29. The molecule has 50 heavy (non-hydrogen) atoms. The molecule has 0 amide bonds. The Hall–Kier alpha value is -6.59. The zero-order chi connectivity index (χ0) is 33.0. The minimum absolute atomic E-state index is 0.00826. The molecule has 5 nitrogen and oxygen atoms in total. The average Bonchev–Trinajstić information content (AvgIpc) is 3.72. The summed E-state index contributed by atoms with van der Waals surface area (Å²) in [7, 11) is 0. The van der Waals surface area contributed by atoms with E-state index in [9.17, 15) is 0 Å². The van der Waals surface area contributed by atoms with Gasteiger partial charge in [-0.2, -0.15) is 9.97 Å². The predicted octanol–water partition coefficient (Wildman–Crippen LogP) is 10.7. The zero-order valence-electron chi connectivity index (χ0n) is 27.1. The van der Waals surface area contributed by atoms with Gasteiger partial charge in [-0.1, -0.05) is 158 Å². The molecule has 10 rings (SSSR count). The van der Waals surface area contributed by atoms with E-state index in [0.717, 1.165) is 39.1 Å². The van der Waals surface area contributed by atoms with Gasteiger partial charge in [0.25, 0.3) is 0 Å². The van der Waals surface area contributed by atoms with Crippen molar-refractivity contribution in [3.63, 3.8) is 0 Å². The maximum Gasteiger partial charge on any atom is 0.234 e. The van der Waals surface area contributed by atoms with Crippen LogP contribution in [0.2, 0.25) is 0 Å². The molecular formula is C45H31N5. The number of anilines is 2. The molecule has 0 bridgehead atoms. The summed E-state index contributed by atoms with van der Waals surface area (Å²) in [6, 6.07) is 53.1. The first-order chi connectivity index (χ1) is 24.8. The van der Waals surface area contributed by atoms with Crippen molar-refractivity contribution in [2.45, 2.75) is 12.0 Å². The topological polar surface area (TPSA) is 46.8 Å². The Morgan fingerprint density at radius 3 is 1.92 bits per heavy atom. The lowest BCUT2D eigenvalue weighted by atomic mass is 9.91. The smallest absolute Gasteiger partial charge is 0.234 e. The Morgan fingerprint density at radius 1 is 0.480 bits per heavy atom. The van der Waals surface area contributed by atoms with Crippen LogP contribution < -0.4 is 4.90 Å². The number of fused-ring (bicyclic) bond motifs is 7. The molecular weight excluding hydrogens is 611 g/mol. The molecule has 5 heteroatoms. The van der Waals surface area contributed by atoms with Crippen molar-refractivity contribution in [3.8, 4) is 39.6 Å². The first-order valence-electron chi connectivity index (χ1n) is 17.1. The predicted molar refractivity (Wildman–Crippen MR) is 204 cm³/mol. The number of para-hydroxylation sites is 2. The number of aromatic nitrogens is 4. The summed E-state index contributed by atoms with van der Waals surface area (Å²) in [5, 5.41) is 2.42. The molecule has 2 unspecified atom stereocenters. The lowest BCUT2D eigenvalue weighted by Crippen LogP contribution is -2.30. The van der Waals surface area contributed by atoms with E-state index in [1.54, 1.807) is 0 Å². The van der Waals surface area contributed by atoms with Gasteiger partial charge in [0.15, 0.2) is 11.6 Å². The van der Waals surface area contributed by atoms with Gasteiger partial charge in [-0.25, -0.2) is 4.98 Å². The van der Waals surface area contributed by atoms with E-state index in [0.29, 0.717) is 17.6 Å². The SMILES string of the molecule is C1=CC2c3ccc4c5ccccc5n(-c5ccccc5)c4c3N(c3nc(-c4ccccc4)nc(-c4ccccc4-c4ccccc4)n3)C2C=C1. The quantitative estimate of drug-likeness (QED) is 0.188. The Morgan fingerprint density at radius 2 is 1.12 bits per heavy atom. The molecule has 0 saturated heterocycles. The van der Waals surface area contributed by atoms with Crippen LogP contribution in [0.15, 0.2) is 176 Å². The highest BCUT2D eigenvalue weighted by Crippen LogP contribution is 2.52. The molecule has 0 spiro atoms. The number of nitrogens with zero attached hydrogens (tertiary/aromatic N) is 5. The zero-order valence-corrected chi connectivity index (χ0v) is 27.1. The van der Waals surface area contributed by atoms with Crippen LogP contribution in [0.3, 0.4) is 0 Å². The Labute approximate surface area is 290 Å². The maximum atomic E-state index is 5.39. The highest BCUT2D eigenvalue weighted by atomic mass is 15.3. The number of hydrogen-bond acceptors (Lipinski definition) is 4. The van der Waals surface area contributed by atoms with E-state index in [-0.39, 0.29) is 12.0 Å². The van der Waals surface area contributed by atoms with E-state index < -0.39 is 0 Å². The van der Waals surface area contributed by atoms with Crippen LogP contribution in [0.25, 0.3) is 61.4 Å². The molecule has 2 aliphatic rings. The summed E-state index contributed by atoms with van der Waals surface area (Å²) < 4.78 is 2.41. The largest absolute Gasteiger partial charge is 0.307 e. The van der Waals surface area contributed by atoms with Gasteiger partial charge in [-0.05, 0) is 34.9 Å². The van der Waals surface area contributed by atoms with Crippen molar-refractivity contribution >= 4 is 33.4 Å². The number of hydrogen-bond donors (Lipinski definition) is 0. The van der Waals surface area contributed by atoms with Crippen molar-refractivity contribution < 1.29 is 0 Å². The van der Waals surface area contributed by atoms with E-state index in [4.69, 9.17) is 15.0 Å². The molecule has 0 fully saturated rings. The first kappa shape index (κ1) is 28.4. The number of rotatable bonds is 5. The van der Waals surface area contributed by atoms with Crippen LogP contribution in [0.5, 0.6) is 0 Å². The van der Waals surface area contributed by atoms with E-state index in [1.165, 1.54) is 21.9 Å². The molecule has 2 atom stereocenters. The highest BCUT2D eigenvalue weighted by Gasteiger charge is 2.41. The third kappa shape index (κ3) is 4.44. The normalized spacial score (nSPS) is 16.2. The highest BCUT2D eigenvalue weighted by molar-refractivity contribution is 6.15. The molecule has 0 radical (unpaired) electrons. The summed E-state index contributed by atoms with van der Waals surface area (Å²) in [5.74, 6) is 2.05. The van der Waals surface area contributed by atoms with Crippen LogP contribution in [-0.4, -0.2) is 25.6 Å². The monoisotopic (exact) mass is 641 g/mol. The van der Waals surface area contributed by atoms with Crippen LogP contribution in [0, 0.1) is 0 Å². The van der Waals surface area contributed by atoms with Gasteiger partial charge < -0.3 is 9.47 Å². The fourth-order valence-electron chi connectivity index (χ4n) is 7.79. The molecule has 6 aromatic carbocycles. The molecule has 1 aliphatic heterocycles. The van der Waals surface area contributed by atoms with Gasteiger partial charge in [0, 0.05) is 33.5 Å². The third-order valence-electron chi connectivity index (χ3n) is 9.98. The summed E-state index contributed by atoms with van der Waals surface area (Å²) >= 11 is 0. The lowest BCUT2D eigenvalue weighted by Gasteiger charge is -2.28. The summed E-state index contributed by atoms with van der Waals surface area (Å²) in [6.45, 7) is 0. The second-order valence-corrected chi connectivity index (χ2v) is 12.8. The first-order valence-corrected chi connectivity index (χ1v) is 17.1. The Bertz CT molecular complexity index is 2600. The molecule has 0 N–H and O–H groups in total. The summed E-state index contributed by atoms with van der Waals surface area (Å²) in [5.41, 5.74) is 9.93. The minimum Gasteiger partial charge on any atom is -0.307 e. The van der Waals surface area contributed by atoms with Crippen LogP contribution in [0.1, 0.15) is 11.5 Å². The second-order valence-electron chi connectivity index (χ2n) is 12.8. The van der Waals surface area contributed by atoms with Gasteiger partial charge in [-0.15, -0.1) is 0 Å². The van der Waals surface area contributed by atoms with Crippen molar-refractivity contribution in [1.29, 1.82) is 0 Å². The van der Waals surface area contributed by atoms with E-state index in [1.807, 2.05) is 24.3 Å². The molecule has 1 aliphatic carbocycles. The van der Waals surface area contributed by atoms with Crippen LogP contribution >= 0.6 is 0 Å². The van der Waals surface area contributed by atoms with Gasteiger partial charge >= 0.3 is 0 Å². The third-order valence-corrected chi connectivity index (χ3v) is 9.98. The van der Waals surface area contributed by atoms with E-state index >= 15 is 0 Å². The molecule has 0 saturated carbocycles. The van der Waals surface area contributed by atoms with Crippen molar-refractivity contribution in [3.05, 3.63) is 182 Å². The Kier molecular flexibility index (Phi) is 6.56. The molecule has 2 aromatic heterocycles. The maximum absolute atomic E-state index is 5.39. The number of allylic oxidation sites excluding steroid dienone is 2. The molecule has 3 heterocycles. The molecule has 236 valence electrons. The molecule has 8 aromatic rings. The van der Waals surface area contributed by atoms with Crippen molar-refractivity contribution in [2.24, 2.45) is 0 Å². The van der Waals surface area contributed by atoms with Gasteiger partial charge in [0.05, 0.1) is 22.8 Å². The standard InChI is InChI=1S/C45H31N5/c1-4-16-30(17-5-1)33-22-10-11-25-38(33)44-46-43(31-18-6-2-7-19-31)47-45(48-44)50-40-27-15-13-24-35(40)37-29-28-36-34-23-12-14-26-39(34)49(41(36)42(37)50)32-20-8-3-9-21-32/h1-29,35,40H. The fraction of sp³-hybridized carbons (Fsp3) is 0.0444. The van der Waals surface area contributed by atoms with Crippen molar-refractivity contribution in [2.75, 3.05) is 4.90 Å². The van der Waals surface area contributed by atoms with Gasteiger partial charge in [0.2, 0.25) is 5.95 Å². The van der Waals surface area contributed by atoms with E-state index in [2.05, 4.69) is 161 Å². The van der Waals surface area contributed by atoms with Gasteiger partial charge in [-0.3, -0.25) is 0 Å². The van der Waals surface area contributed by atoms with Crippen LogP contribution in [-0.2, 0) is 0 Å². The van der Waals surface area contributed by atoms with Crippen LogP contribution in [0.4, 0.5) is 11.6 Å². The summed E-state index contributed by atoms with van der Waals surface area (Å²) in [4.78, 5) is 18.2. The summed E-state index contributed by atoms with van der Waals surface area (Å²) in [6.07, 6.45) is 8.91. The fourth-order valence-corrected chi connectivity index (χ4v) is 7.79. The second kappa shape index (κ2) is 11.5.